The van der Waals surface area contributed by atoms with E-state index >= 15 is 0 Å². The summed E-state index contributed by atoms with van der Waals surface area (Å²) < 4.78 is 3.58. The third-order valence-corrected chi connectivity index (χ3v) is 4.76. The van der Waals surface area contributed by atoms with Crippen LogP contribution in [0.15, 0.2) is 85.2 Å². The summed E-state index contributed by atoms with van der Waals surface area (Å²) in [6.45, 7) is 0. The Bertz CT molecular complexity index is 1060. The zero-order valence-electron chi connectivity index (χ0n) is 13.8. The van der Waals surface area contributed by atoms with E-state index in [0.717, 1.165) is 11.4 Å². The standard InChI is InChI=1S/C22H14N2O2/c25-21-18-12-14-24(16-9-5-2-6-10-16)20(18)22(26)17-11-13-23(19(17)21)15-7-3-1-4-8-15/h1-14H. The Balaban J connectivity index is 1.70. The molecular formula is C22H14N2O2. The van der Waals surface area contributed by atoms with Gasteiger partial charge >= 0.3 is 0 Å². The van der Waals surface area contributed by atoms with Crippen LogP contribution < -0.4 is 0 Å². The lowest BCUT2D eigenvalue weighted by atomic mass is 9.93. The monoisotopic (exact) mass is 338 g/mol. The van der Waals surface area contributed by atoms with Crippen LogP contribution in [0.25, 0.3) is 11.4 Å². The fourth-order valence-electron chi connectivity index (χ4n) is 3.56. The average molecular weight is 338 g/mol. The largest absolute Gasteiger partial charge is 0.313 e. The number of fused-ring (bicyclic) bond motifs is 2. The van der Waals surface area contributed by atoms with Crippen molar-refractivity contribution in [2.75, 3.05) is 0 Å². The zero-order chi connectivity index (χ0) is 17.7. The van der Waals surface area contributed by atoms with Crippen molar-refractivity contribution in [1.82, 2.24) is 9.13 Å². The molecule has 2 aromatic carbocycles. The van der Waals surface area contributed by atoms with E-state index in [1.807, 2.05) is 60.7 Å². The molecule has 1 aliphatic rings. The van der Waals surface area contributed by atoms with Crippen molar-refractivity contribution in [3.63, 3.8) is 0 Å². The summed E-state index contributed by atoms with van der Waals surface area (Å²) in [5.74, 6) is -0.253. The Hall–Kier alpha value is -3.66. The summed E-state index contributed by atoms with van der Waals surface area (Å²) in [6.07, 6.45) is 3.57. The highest BCUT2D eigenvalue weighted by Crippen LogP contribution is 2.31. The molecule has 0 aliphatic heterocycles. The first-order valence-electron chi connectivity index (χ1n) is 8.38. The maximum atomic E-state index is 13.2. The molecule has 0 spiro atoms. The van der Waals surface area contributed by atoms with Crippen LogP contribution >= 0.6 is 0 Å². The summed E-state index contributed by atoms with van der Waals surface area (Å²) in [6, 6.07) is 22.6. The van der Waals surface area contributed by atoms with Gasteiger partial charge in [-0.25, -0.2) is 0 Å². The maximum Gasteiger partial charge on any atom is 0.212 e. The van der Waals surface area contributed by atoms with Crippen LogP contribution in [-0.2, 0) is 0 Å². The van der Waals surface area contributed by atoms with Gasteiger partial charge in [-0.05, 0) is 36.4 Å². The van der Waals surface area contributed by atoms with Crippen molar-refractivity contribution in [3.8, 4) is 11.4 Å². The Kier molecular flexibility index (Phi) is 3.06. The number of ketones is 2. The van der Waals surface area contributed by atoms with Crippen LogP contribution in [-0.4, -0.2) is 20.7 Å². The fraction of sp³-hybridized carbons (Fsp3) is 0. The second-order valence-electron chi connectivity index (χ2n) is 6.23. The van der Waals surface area contributed by atoms with Crippen LogP contribution in [0.3, 0.4) is 0 Å². The van der Waals surface area contributed by atoms with Gasteiger partial charge in [0.2, 0.25) is 11.6 Å². The molecule has 4 aromatic rings. The third-order valence-electron chi connectivity index (χ3n) is 4.76. The number of hydrogen-bond donors (Lipinski definition) is 0. The lowest BCUT2D eigenvalue weighted by molar-refractivity contribution is 0.0971. The van der Waals surface area contributed by atoms with Gasteiger partial charge in [0.1, 0.15) is 11.4 Å². The predicted molar refractivity (Wildman–Crippen MR) is 98.4 cm³/mol. The van der Waals surface area contributed by atoms with E-state index in [1.165, 1.54) is 0 Å². The van der Waals surface area contributed by atoms with Crippen molar-refractivity contribution < 1.29 is 9.59 Å². The van der Waals surface area contributed by atoms with E-state index in [-0.39, 0.29) is 11.6 Å². The molecule has 0 N–H and O–H groups in total. The number of para-hydroxylation sites is 2. The lowest BCUT2D eigenvalue weighted by Gasteiger charge is -2.17. The molecule has 2 aromatic heterocycles. The summed E-state index contributed by atoms with van der Waals surface area (Å²) >= 11 is 0. The van der Waals surface area contributed by atoms with Crippen LogP contribution in [0.2, 0.25) is 0 Å². The molecule has 0 saturated carbocycles. The van der Waals surface area contributed by atoms with Gasteiger partial charge in [0.05, 0.1) is 11.1 Å². The number of nitrogens with zero attached hydrogens (tertiary/aromatic N) is 2. The number of carbonyl (C=O) groups excluding carboxylic acids is 2. The van der Waals surface area contributed by atoms with Gasteiger partial charge in [-0.1, -0.05) is 36.4 Å². The Morgan fingerprint density at radius 1 is 0.500 bits per heavy atom. The summed E-state index contributed by atoms with van der Waals surface area (Å²) in [5, 5.41) is 0. The molecular weight excluding hydrogens is 324 g/mol. The van der Waals surface area contributed by atoms with Crippen LogP contribution in [0.4, 0.5) is 0 Å². The first-order chi connectivity index (χ1) is 12.8. The van der Waals surface area contributed by atoms with Crippen molar-refractivity contribution in [2.45, 2.75) is 0 Å². The van der Waals surface area contributed by atoms with Gasteiger partial charge in [0, 0.05) is 23.8 Å². The molecule has 0 fully saturated rings. The molecule has 0 radical (unpaired) electrons. The number of aromatic nitrogens is 2. The van der Waals surface area contributed by atoms with E-state index in [9.17, 15) is 9.59 Å². The predicted octanol–water partition coefficient (Wildman–Crippen LogP) is 4.04. The summed E-state index contributed by atoms with van der Waals surface area (Å²) in [5.41, 5.74) is 3.48. The minimum absolute atomic E-state index is 0.127. The highest BCUT2D eigenvalue weighted by Gasteiger charge is 2.35. The van der Waals surface area contributed by atoms with E-state index in [0.29, 0.717) is 22.5 Å². The van der Waals surface area contributed by atoms with Crippen molar-refractivity contribution in [3.05, 3.63) is 108 Å². The SMILES string of the molecule is O=C1c2ccn(-c3ccccc3)c2C(=O)c2ccn(-c3ccccc3)c21. The molecule has 4 nitrogen and oxygen atoms in total. The van der Waals surface area contributed by atoms with Crippen LogP contribution in [0.5, 0.6) is 0 Å². The van der Waals surface area contributed by atoms with Gasteiger partial charge in [-0.15, -0.1) is 0 Å². The summed E-state index contributed by atoms with van der Waals surface area (Å²) in [7, 11) is 0. The van der Waals surface area contributed by atoms with E-state index < -0.39 is 0 Å². The molecule has 0 bridgehead atoms. The third kappa shape index (κ3) is 1.96. The lowest BCUT2D eigenvalue weighted by Crippen LogP contribution is -2.23. The van der Waals surface area contributed by atoms with Gasteiger partial charge in [-0.2, -0.15) is 0 Å². The van der Waals surface area contributed by atoms with Crippen LogP contribution in [0.1, 0.15) is 32.1 Å². The normalized spacial score (nSPS) is 12.8. The second-order valence-corrected chi connectivity index (χ2v) is 6.23. The Labute approximate surface area is 149 Å². The summed E-state index contributed by atoms with van der Waals surface area (Å²) in [4.78, 5) is 26.3. The van der Waals surface area contributed by atoms with Crippen molar-refractivity contribution in [1.29, 1.82) is 0 Å². The molecule has 0 unspecified atom stereocenters. The van der Waals surface area contributed by atoms with Gasteiger partial charge < -0.3 is 9.13 Å². The molecule has 26 heavy (non-hydrogen) atoms. The minimum atomic E-state index is -0.127. The van der Waals surface area contributed by atoms with Crippen molar-refractivity contribution in [2.24, 2.45) is 0 Å². The van der Waals surface area contributed by atoms with E-state index in [1.54, 1.807) is 33.7 Å². The first-order valence-corrected chi connectivity index (χ1v) is 8.38. The quantitative estimate of drug-likeness (QED) is 0.487. The molecule has 1 aliphatic carbocycles. The second kappa shape index (κ2) is 5.43. The van der Waals surface area contributed by atoms with Gasteiger partial charge in [-0.3, -0.25) is 9.59 Å². The molecule has 4 heteroatoms. The smallest absolute Gasteiger partial charge is 0.212 e. The van der Waals surface area contributed by atoms with E-state index in [2.05, 4.69) is 0 Å². The van der Waals surface area contributed by atoms with Gasteiger partial charge in [0.15, 0.2) is 0 Å². The number of hydrogen-bond acceptors (Lipinski definition) is 2. The van der Waals surface area contributed by atoms with Crippen molar-refractivity contribution >= 4 is 11.6 Å². The molecule has 2 heterocycles. The molecule has 0 atom stereocenters. The van der Waals surface area contributed by atoms with E-state index in [4.69, 9.17) is 0 Å². The van der Waals surface area contributed by atoms with Crippen LogP contribution in [0, 0.1) is 0 Å². The topological polar surface area (TPSA) is 44.0 Å². The number of carbonyl (C=O) groups is 2. The number of rotatable bonds is 2. The molecule has 124 valence electrons. The molecule has 0 amide bonds. The minimum Gasteiger partial charge on any atom is -0.313 e. The highest BCUT2D eigenvalue weighted by molar-refractivity contribution is 6.27. The molecule has 0 saturated heterocycles. The Morgan fingerprint density at radius 3 is 1.27 bits per heavy atom. The fourth-order valence-corrected chi connectivity index (χ4v) is 3.56. The average Bonchev–Trinajstić information content (AvgIpc) is 3.33. The number of benzene rings is 2. The Morgan fingerprint density at radius 2 is 0.885 bits per heavy atom. The zero-order valence-corrected chi connectivity index (χ0v) is 13.8. The first kappa shape index (κ1) is 14.7. The van der Waals surface area contributed by atoms with Gasteiger partial charge in [0.25, 0.3) is 0 Å². The maximum absolute atomic E-state index is 13.2. The highest BCUT2D eigenvalue weighted by atomic mass is 16.1. The molecule has 5 rings (SSSR count).